The van der Waals surface area contributed by atoms with Gasteiger partial charge in [0.2, 0.25) is 27.6 Å². The summed E-state index contributed by atoms with van der Waals surface area (Å²) in [6.45, 7) is 0.902. The van der Waals surface area contributed by atoms with Crippen LogP contribution in [0.3, 0.4) is 0 Å². The fourth-order valence-corrected chi connectivity index (χ4v) is 4.42. The molecule has 2 aromatic heterocycles. The highest BCUT2D eigenvalue weighted by molar-refractivity contribution is 7.88. The molecule has 136 valence electrons. The number of carbonyl (C=O) groups is 1. The Morgan fingerprint density at radius 2 is 2.32 bits per heavy atom. The Morgan fingerprint density at radius 1 is 1.52 bits per heavy atom. The number of carbonyl (C=O) groups excluding carboxylic acids is 1. The Kier molecular flexibility index (Phi) is 5.21. The lowest BCUT2D eigenvalue weighted by Crippen LogP contribution is -2.45. The van der Waals surface area contributed by atoms with Gasteiger partial charge in [0.25, 0.3) is 0 Å². The first-order chi connectivity index (χ1) is 11.8. The Bertz CT molecular complexity index is 832. The molecule has 0 N–H and O–H groups in total. The van der Waals surface area contributed by atoms with Crippen LogP contribution in [0.2, 0.25) is 0 Å². The van der Waals surface area contributed by atoms with E-state index in [-0.39, 0.29) is 24.9 Å². The molecule has 0 aromatic carbocycles. The van der Waals surface area contributed by atoms with Crippen molar-refractivity contribution in [2.45, 2.75) is 19.4 Å². The van der Waals surface area contributed by atoms with Gasteiger partial charge in [-0.25, -0.2) is 12.7 Å². The smallest absolute Gasteiger partial charge is 0.246 e. The van der Waals surface area contributed by atoms with Crippen LogP contribution in [0, 0.1) is 5.92 Å². The molecule has 3 heterocycles. The van der Waals surface area contributed by atoms with E-state index in [4.69, 9.17) is 4.52 Å². The summed E-state index contributed by atoms with van der Waals surface area (Å²) >= 11 is 1.51. The number of nitrogens with zero attached hydrogens (tertiary/aromatic N) is 4. The topological polar surface area (TPSA) is 96.6 Å². The number of rotatable bonds is 5. The van der Waals surface area contributed by atoms with Crippen LogP contribution < -0.4 is 0 Å². The molecule has 1 saturated heterocycles. The molecule has 2 aromatic rings. The molecule has 0 spiro atoms. The van der Waals surface area contributed by atoms with Gasteiger partial charge in [0.05, 0.1) is 23.6 Å². The van der Waals surface area contributed by atoms with Crippen molar-refractivity contribution < 1.29 is 17.7 Å². The molecular formula is C15H20N4O4S2. The number of amides is 1. The van der Waals surface area contributed by atoms with E-state index in [2.05, 4.69) is 10.1 Å². The molecule has 1 amide bonds. The third-order valence-electron chi connectivity index (χ3n) is 4.16. The fourth-order valence-electron chi connectivity index (χ4n) is 2.86. The van der Waals surface area contributed by atoms with E-state index in [1.807, 2.05) is 17.5 Å². The first kappa shape index (κ1) is 18.0. The minimum atomic E-state index is -3.28. The van der Waals surface area contributed by atoms with Gasteiger partial charge in [0.1, 0.15) is 0 Å². The standard InChI is InChI=1S/C15H20N4O4S2/c1-18(10-13-16-14(17-23-13)12-6-4-8-24-12)15(20)11-5-3-7-19(9-11)25(2,21)22/h4,6,8,11H,3,5,7,9-10H2,1-2H3. The van der Waals surface area contributed by atoms with Crippen LogP contribution in [0.15, 0.2) is 22.0 Å². The van der Waals surface area contributed by atoms with Gasteiger partial charge in [-0.05, 0) is 24.3 Å². The molecule has 1 fully saturated rings. The molecule has 1 atom stereocenters. The summed E-state index contributed by atoms with van der Waals surface area (Å²) in [5.74, 6) is 0.416. The van der Waals surface area contributed by atoms with E-state index in [1.54, 1.807) is 7.05 Å². The van der Waals surface area contributed by atoms with Crippen molar-refractivity contribution in [1.29, 1.82) is 0 Å². The minimum absolute atomic E-state index is 0.107. The first-order valence-corrected chi connectivity index (χ1v) is 10.6. The minimum Gasteiger partial charge on any atom is -0.337 e. The zero-order valence-electron chi connectivity index (χ0n) is 14.1. The predicted octanol–water partition coefficient (Wildman–Crippen LogP) is 1.43. The zero-order chi connectivity index (χ0) is 18.0. The first-order valence-electron chi connectivity index (χ1n) is 7.91. The van der Waals surface area contributed by atoms with E-state index in [9.17, 15) is 13.2 Å². The Morgan fingerprint density at radius 3 is 3.00 bits per heavy atom. The number of sulfonamides is 1. The summed E-state index contributed by atoms with van der Waals surface area (Å²) in [5, 5.41) is 5.85. The maximum absolute atomic E-state index is 12.6. The largest absolute Gasteiger partial charge is 0.337 e. The summed E-state index contributed by atoms with van der Waals surface area (Å²) < 4.78 is 30.0. The average Bonchev–Trinajstić information content (AvgIpc) is 3.24. The van der Waals surface area contributed by atoms with E-state index in [1.165, 1.54) is 26.8 Å². The summed E-state index contributed by atoms with van der Waals surface area (Å²) in [6.07, 6.45) is 2.54. The lowest BCUT2D eigenvalue weighted by Gasteiger charge is -2.32. The second-order valence-corrected chi connectivity index (χ2v) is 9.07. The second-order valence-electron chi connectivity index (χ2n) is 6.14. The van der Waals surface area contributed by atoms with Gasteiger partial charge in [-0.15, -0.1) is 11.3 Å². The Labute approximate surface area is 150 Å². The van der Waals surface area contributed by atoms with E-state index < -0.39 is 10.0 Å². The molecule has 8 nitrogen and oxygen atoms in total. The van der Waals surface area contributed by atoms with Crippen LogP contribution in [0.4, 0.5) is 0 Å². The highest BCUT2D eigenvalue weighted by Gasteiger charge is 2.32. The maximum atomic E-state index is 12.6. The Hall–Kier alpha value is -1.78. The van der Waals surface area contributed by atoms with Crippen molar-refractivity contribution in [2.75, 3.05) is 26.4 Å². The van der Waals surface area contributed by atoms with Gasteiger partial charge < -0.3 is 9.42 Å². The van der Waals surface area contributed by atoms with Crippen LogP contribution in [0.25, 0.3) is 10.7 Å². The van der Waals surface area contributed by atoms with E-state index in [0.29, 0.717) is 31.1 Å². The lowest BCUT2D eigenvalue weighted by molar-refractivity contribution is -0.136. The molecule has 3 rings (SSSR count). The van der Waals surface area contributed by atoms with Crippen molar-refractivity contribution >= 4 is 27.3 Å². The molecule has 1 aliphatic heterocycles. The molecular weight excluding hydrogens is 364 g/mol. The van der Waals surface area contributed by atoms with E-state index in [0.717, 1.165) is 4.88 Å². The van der Waals surface area contributed by atoms with Crippen molar-refractivity contribution in [2.24, 2.45) is 5.92 Å². The summed E-state index contributed by atoms with van der Waals surface area (Å²) in [5.41, 5.74) is 0. The SMILES string of the molecule is CN(Cc1nc(-c2cccs2)no1)C(=O)C1CCCN(S(C)(=O)=O)C1. The van der Waals surface area contributed by atoms with Gasteiger partial charge in [0.15, 0.2) is 0 Å². The molecule has 25 heavy (non-hydrogen) atoms. The third kappa shape index (κ3) is 4.25. The van der Waals surface area contributed by atoms with Gasteiger partial charge in [0, 0.05) is 20.1 Å². The summed E-state index contributed by atoms with van der Waals surface area (Å²) in [6, 6.07) is 3.80. The predicted molar refractivity (Wildman–Crippen MR) is 93.2 cm³/mol. The Balaban J connectivity index is 1.63. The summed E-state index contributed by atoms with van der Waals surface area (Å²) in [4.78, 5) is 19.4. The highest BCUT2D eigenvalue weighted by Crippen LogP contribution is 2.23. The summed E-state index contributed by atoms with van der Waals surface area (Å²) in [7, 11) is -1.61. The molecule has 1 aliphatic rings. The van der Waals surface area contributed by atoms with Crippen LogP contribution in [-0.4, -0.2) is 60.1 Å². The molecule has 0 radical (unpaired) electrons. The van der Waals surface area contributed by atoms with Crippen molar-refractivity contribution in [3.05, 3.63) is 23.4 Å². The molecule has 0 saturated carbocycles. The maximum Gasteiger partial charge on any atom is 0.246 e. The van der Waals surface area contributed by atoms with Crippen LogP contribution >= 0.6 is 11.3 Å². The van der Waals surface area contributed by atoms with Crippen molar-refractivity contribution in [1.82, 2.24) is 19.3 Å². The molecule has 0 bridgehead atoms. The average molecular weight is 384 g/mol. The van der Waals surface area contributed by atoms with Crippen LogP contribution in [0.5, 0.6) is 0 Å². The van der Waals surface area contributed by atoms with Gasteiger partial charge >= 0.3 is 0 Å². The quantitative estimate of drug-likeness (QED) is 0.774. The number of hydrogen-bond donors (Lipinski definition) is 0. The highest BCUT2D eigenvalue weighted by atomic mass is 32.2. The second kappa shape index (κ2) is 7.22. The molecule has 1 unspecified atom stereocenters. The van der Waals surface area contributed by atoms with Crippen LogP contribution in [0.1, 0.15) is 18.7 Å². The zero-order valence-corrected chi connectivity index (χ0v) is 15.7. The number of aromatic nitrogens is 2. The fraction of sp³-hybridized carbons (Fsp3) is 0.533. The monoisotopic (exact) mass is 384 g/mol. The van der Waals surface area contributed by atoms with Gasteiger partial charge in [-0.3, -0.25) is 4.79 Å². The van der Waals surface area contributed by atoms with Crippen molar-refractivity contribution in [3.63, 3.8) is 0 Å². The number of hydrogen-bond acceptors (Lipinski definition) is 7. The normalized spacial score (nSPS) is 19.0. The van der Waals surface area contributed by atoms with Gasteiger partial charge in [-0.2, -0.15) is 4.98 Å². The molecule has 0 aliphatic carbocycles. The van der Waals surface area contributed by atoms with Crippen molar-refractivity contribution in [3.8, 4) is 10.7 Å². The van der Waals surface area contributed by atoms with Gasteiger partial charge in [-0.1, -0.05) is 11.2 Å². The van der Waals surface area contributed by atoms with E-state index >= 15 is 0 Å². The third-order valence-corrected chi connectivity index (χ3v) is 6.30. The molecule has 10 heteroatoms. The lowest BCUT2D eigenvalue weighted by atomic mass is 9.98. The van der Waals surface area contributed by atoms with Crippen LogP contribution in [-0.2, 0) is 21.4 Å². The number of piperidine rings is 1. The number of thiophene rings is 1.